The Labute approximate surface area is 173 Å². The van der Waals surface area contributed by atoms with Crippen LogP contribution in [0.1, 0.15) is 19.3 Å². The van der Waals surface area contributed by atoms with E-state index in [1.807, 2.05) is 47.2 Å². The van der Waals surface area contributed by atoms with Gasteiger partial charge in [-0.1, -0.05) is 18.2 Å². The Bertz CT molecular complexity index is 676. The Morgan fingerprint density at radius 1 is 1.10 bits per heavy atom. The number of piperidine rings is 1. The third kappa shape index (κ3) is 5.93. The van der Waals surface area contributed by atoms with Gasteiger partial charge in [-0.25, -0.2) is 0 Å². The maximum Gasteiger partial charge on any atom is 0.303 e. The van der Waals surface area contributed by atoms with Crippen molar-refractivity contribution in [3.05, 3.63) is 30.3 Å². The zero-order chi connectivity index (χ0) is 20.8. The topological polar surface area (TPSA) is 67.3 Å². The van der Waals surface area contributed by atoms with Crippen molar-refractivity contribution in [2.24, 2.45) is 5.92 Å². The van der Waals surface area contributed by atoms with E-state index in [2.05, 4.69) is 16.8 Å². The quantitative estimate of drug-likeness (QED) is 0.745. The van der Waals surface area contributed by atoms with E-state index in [9.17, 15) is 14.7 Å². The highest BCUT2D eigenvalue weighted by Crippen LogP contribution is 2.27. The number of carbonyl (C=O) groups excluding carboxylic acids is 1. The molecule has 1 N–H and O–H groups in total. The number of carbonyl (C=O) groups is 2. The van der Waals surface area contributed by atoms with Crippen LogP contribution in [0.5, 0.6) is 0 Å². The number of aliphatic carboxylic acids is 1. The molecule has 0 radical (unpaired) electrons. The lowest BCUT2D eigenvalue weighted by molar-refractivity contribution is -0.137. The fourth-order valence-electron chi connectivity index (χ4n) is 4.55. The van der Waals surface area contributed by atoms with Gasteiger partial charge in [-0.05, 0) is 37.9 Å². The van der Waals surface area contributed by atoms with E-state index in [0.29, 0.717) is 25.6 Å². The molecule has 2 saturated heterocycles. The van der Waals surface area contributed by atoms with E-state index in [1.165, 1.54) is 0 Å². The molecule has 2 aliphatic heterocycles. The summed E-state index contributed by atoms with van der Waals surface area (Å²) < 4.78 is 0. The molecule has 1 aromatic rings. The lowest BCUT2D eigenvalue weighted by Crippen LogP contribution is -2.57. The summed E-state index contributed by atoms with van der Waals surface area (Å²) in [5.41, 5.74) is 1.02. The molecule has 29 heavy (non-hydrogen) atoms. The number of para-hydroxylation sites is 1. The standard InChI is InChI=1S/C22H34N4O3/c1-23-12-14-25(15-13-23)20-10-11-26(16-18(20)8-9-22(28)29)21(27)17-24(2)19-6-4-3-5-7-19/h3-7,18,20H,8-17H2,1-2H3,(H,28,29)/t18-,20+/m0/s1. The van der Waals surface area contributed by atoms with Gasteiger partial charge in [0, 0.05) is 64.5 Å². The maximum absolute atomic E-state index is 12.9. The maximum atomic E-state index is 12.9. The number of benzene rings is 1. The Balaban J connectivity index is 1.61. The van der Waals surface area contributed by atoms with Crippen LogP contribution < -0.4 is 4.90 Å². The van der Waals surface area contributed by atoms with E-state index in [0.717, 1.165) is 44.8 Å². The van der Waals surface area contributed by atoms with Gasteiger partial charge in [0.2, 0.25) is 5.91 Å². The van der Waals surface area contributed by atoms with E-state index in [4.69, 9.17) is 0 Å². The van der Waals surface area contributed by atoms with Gasteiger partial charge in [0.1, 0.15) is 0 Å². The van der Waals surface area contributed by atoms with E-state index < -0.39 is 5.97 Å². The summed E-state index contributed by atoms with van der Waals surface area (Å²) in [5.74, 6) is -0.419. The summed E-state index contributed by atoms with van der Waals surface area (Å²) in [6, 6.07) is 10.3. The number of amides is 1. The normalized spacial score (nSPS) is 23.7. The van der Waals surface area contributed by atoms with E-state index >= 15 is 0 Å². The molecule has 0 saturated carbocycles. The number of hydrogen-bond donors (Lipinski definition) is 1. The number of anilines is 1. The van der Waals surface area contributed by atoms with Crippen LogP contribution in [0.2, 0.25) is 0 Å². The van der Waals surface area contributed by atoms with Crippen molar-refractivity contribution in [2.45, 2.75) is 25.3 Å². The van der Waals surface area contributed by atoms with Gasteiger partial charge in [0.05, 0.1) is 6.54 Å². The van der Waals surface area contributed by atoms with Gasteiger partial charge in [-0.15, -0.1) is 0 Å². The predicted molar refractivity (Wildman–Crippen MR) is 114 cm³/mol. The SMILES string of the molecule is CN1CCN([C@@H]2CCN(C(=O)CN(C)c3ccccc3)C[C@@H]2CCC(=O)O)CC1. The number of hydrogen-bond acceptors (Lipinski definition) is 5. The molecule has 0 unspecified atom stereocenters. The summed E-state index contributed by atoms with van der Waals surface area (Å²) in [7, 11) is 4.08. The van der Waals surface area contributed by atoms with Crippen molar-refractivity contribution in [3.8, 4) is 0 Å². The fourth-order valence-corrected chi connectivity index (χ4v) is 4.55. The summed E-state index contributed by atoms with van der Waals surface area (Å²) in [5, 5.41) is 9.19. The minimum absolute atomic E-state index is 0.119. The monoisotopic (exact) mass is 402 g/mol. The minimum atomic E-state index is -0.755. The third-order valence-corrected chi connectivity index (χ3v) is 6.35. The van der Waals surface area contributed by atoms with E-state index in [1.54, 1.807) is 0 Å². The van der Waals surface area contributed by atoms with Crippen molar-refractivity contribution < 1.29 is 14.7 Å². The molecule has 2 heterocycles. The molecular formula is C22H34N4O3. The first-order valence-corrected chi connectivity index (χ1v) is 10.6. The Hall–Kier alpha value is -2.12. The number of likely N-dealkylation sites (N-methyl/N-ethyl adjacent to an activating group) is 2. The molecule has 2 atom stereocenters. The lowest BCUT2D eigenvalue weighted by atomic mass is 9.86. The molecule has 0 bridgehead atoms. The van der Waals surface area contributed by atoms with Gasteiger partial charge in [-0.3, -0.25) is 14.5 Å². The van der Waals surface area contributed by atoms with Crippen LogP contribution in [0, 0.1) is 5.92 Å². The van der Waals surface area contributed by atoms with Gasteiger partial charge >= 0.3 is 5.97 Å². The first kappa shape index (κ1) is 21.6. The Kier molecular flexibility index (Phi) is 7.50. The molecule has 1 amide bonds. The second-order valence-corrected chi connectivity index (χ2v) is 8.42. The number of nitrogens with zero attached hydrogens (tertiary/aromatic N) is 4. The first-order chi connectivity index (χ1) is 13.9. The number of likely N-dealkylation sites (tertiary alicyclic amines) is 1. The highest BCUT2D eigenvalue weighted by atomic mass is 16.4. The molecular weight excluding hydrogens is 368 g/mol. The predicted octanol–water partition coefficient (Wildman–Crippen LogP) is 1.45. The third-order valence-electron chi connectivity index (χ3n) is 6.35. The average molecular weight is 403 g/mol. The average Bonchev–Trinajstić information content (AvgIpc) is 2.73. The van der Waals surface area contributed by atoms with Gasteiger partial charge in [-0.2, -0.15) is 0 Å². The summed E-state index contributed by atoms with van der Waals surface area (Å²) in [6.07, 6.45) is 1.72. The van der Waals surface area contributed by atoms with E-state index in [-0.39, 0.29) is 18.2 Å². The highest BCUT2D eigenvalue weighted by molar-refractivity contribution is 5.81. The summed E-state index contributed by atoms with van der Waals surface area (Å²) >= 11 is 0. The second-order valence-electron chi connectivity index (χ2n) is 8.42. The first-order valence-electron chi connectivity index (χ1n) is 10.6. The minimum Gasteiger partial charge on any atom is -0.481 e. The van der Waals surface area contributed by atoms with Gasteiger partial charge in [0.15, 0.2) is 0 Å². The number of rotatable bonds is 7. The molecule has 0 spiro atoms. The molecule has 160 valence electrons. The Morgan fingerprint density at radius 2 is 1.79 bits per heavy atom. The van der Waals surface area contributed by atoms with Crippen LogP contribution in [0.3, 0.4) is 0 Å². The van der Waals surface area contributed by atoms with Crippen molar-refractivity contribution in [1.29, 1.82) is 0 Å². The number of piperazine rings is 1. The molecule has 3 rings (SSSR count). The van der Waals surface area contributed by atoms with Crippen LogP contribution in [0.25, 0.3) is 0 Å². The summed E-state index contributed by atoms with van der Waals surface area (Å²) in [6.45, 7) is 5.90. The van der Waals surface area contributed by atoms with Gasteiger partial charge < -0.3 is 19.8 Å². The molecule has 7 heteroatoms. The second kappa shape index (κ2) is 10.1. The lowest BCUT2D eigenvalue weighted by Gasteiger charge is -2.46. The van der Waals surface area contributed by atoms with Crippen LogP contribution >= 0.6 is 0 Å². The largest absolute Gasteiger partial charge is 0.481 e. The summed E-state index contributed by atoms with van der Waals surface area (Å²) in [4.78, 5) is 32.9. The van der Waals surface area contributed by atoms with Crippen LogP contribution in [0.4, 0.5) is 5.69 Å². The van der Waals surface area contributed by atoms with Crippen LogP contribution in [-0.2, 0) is 9.59 Å². The molecule has 0 aliphatic carbocycles. The zero-order valence-electron chi connectivity index (χ0n) is 17.7. The highest BCUT2D eigenvalue weighted by Gasteiger charge is 2.36. The fraction of sp³-hybridized carbons (Fsp3) is 0.636. The van der Waals surface area contributed by atoms with Crippen LogP contribution in [0.15, 0.2) is 30.3 Å². The number of carboxylic acid groups (broad SMARTS) is 1. The Morgan fingerprint density at radius 3 is 2.45 bits per heavy atom. The molecule has 1 aromatic carbocycles. The molecule has 7 nitrogen and oxygen atoms in total. The number of carboxylic acids is 1. The van der Waals surface area contributed by atoms with Crippen molar-refractivity contribution in [2.75, 3.05) is 64.8 Å². The molecule has 2 aliphatic rings. The van der Waals surface area contributed by atoms with Crippen molar-refractivity contribution >= 4 is 17.6 Å². The van der Waals surface area contributed by atoms with Crippen molar-refractivity contribution in [1.82, 2.24) is 14.7 Å². The van der Waals surface area contributed by atoms with Crippen molar-refractivity contribution in [3.63, 3.8) is 0 Å². The smallest absolute Gasteiger partial charge is 0.303 e. The van der Waals surface area contributed by atoms with Crippen LogP contribution in [-0.4, -0.2) is 97.6 Å². The van der Waals surface area contributed by atoms with Gasteiger partial charge in [0.25, 0.3) is 0 Å². The molecule has 0 aromatic heterocycles. The zero-order valence-corrected chi connectivity index (χ0v) is 17.7. The molecule has 2 fully saturated rings.